The number of nitrogens with two attached hydrogens (primary N) is 1. The predicted octanol–water partition coefficient (Wildman–Crippen LogP) is 4.48. The highest BCUT2D eigenvalue weighted by molar-refractivity contribution is 7.17. The van der Waals surface area contributed by atoms with Crippen molar-refractivity contribution in [1.82, 2.24) is 0 Å². The Morgan fingerprint density at radius 2 is 2.00 bits per heavy atom. The minimum atomic E-state index is -0.729. The molecule has 5 nitrogen and oxygen atoms in total. The van der Waals surface area contributed by atoms with E-state index >= 15 is 0 Å². The molecule has 1 aliphatic carbocycles. The van der Waals surface area contributed by atoms with Crippen LogP contribution in [0.4, 0.5) is 5.00 Å². The smallest absolute Gasteiger partial charge is 0.265 e. The van der Waals surface area contributed by atoms with Crippen LogP contribution in [-0.4, -0.2) is 17.9 Å². The Balaban J connectivity index is 1.78. The number of fused-ring (bicyclic) bond motifs is 1. The van der Waals surface area contributed by atoms with Crippen LogP contribution in [0.15, 0.2) is 18.2 Å². The van der Waals surface area contributed by atoms with E-state index in [9.17, 15) is 9.59 Å². The second kappa shape index (κ2) is 8.31. The van der Waals surface area contributed by atoms with Crippen molar-refractivity contribution in [2.75, 3.05) is 5.32 Å². The van der Waals surface area contributed by atoms with Crippen LogP contribution in [0.3, 0.4) is 0 Å². The Labute approximate surface area is 167 Å². The van der Waals surface area contributed by atoms with Crippen LogP contribution in [0.25, 0.3) is 0 Å². The van der Waals surface area contributed by atoms with Crippen molar-refractivity contribution in [3.05, 3.63) is 44.8 Å². The van der Waals surface area contributed by atoms with E-state index in [0.717, 1.165) is 48.1 Å². The number of nitrogens with one attached hydrogen (secondary N) is 1. The molecule has 7 heteroatoms. The van der Waals surface area contributed by atoms with Crippen molar-refractivity contribution < 1.29 is 14.3 Å². The molecule has 0 radical (unpaired) electrons. The van der Waals surface area contributed by atoms with E-state index in [0.29, 0.717) is 21.3 Å². The van der Waals surface area contributed by atoms with Crippen LogP contribution in [0.2, 0.25) is 5.02 Å². The summed E-state index contributed by atoms with van der Waals surface area (Å²) in [5.74, 6) is -0.214. The van der Waals surface area contributed by atoms with E-state index in [2.05, 4.69) is 5.32 Å². The highest BCUT2D eigenvalue weighted by Crippen LogP contribution is 2.37. The molecule has 3 rings (SSSR count). The standard InChI is InChI=1S/C20H23ClN2O3S/c1-11-10-13(21)8-9-15(11)26-12(2)19(25)23-20-17(18(22)24)14-6-4-3-5-7-16(14)27-20/h8-10,12H,3-7H2,1-2H3,(H2,22,24)(H,23,25)/t12-/m0/s1. The van der Waals surface area contributed by atoms with Gasteiger partial charge in [0.2, 0.25) is 0 Å². The van der Waals surface area contributed by atoms with Crippen molar-refractivity contribution in [2.24, 2.45) is 5.73 Å². The lowest BCUT2D eigenvalue weighted by molar-refractivity contribution is -0.122. The second-order valence-electron chi connectivity index (χ2n) is 6.79. The molecule has 0 unspecified atom stereocenters. The molecule has 1 heterocycles. The van der Waals surface area contributed by atoms with Crippen LogP contribution in [0.1, 0.15) is 52.5 Å². The number of ether oxygens (including phenoxy) is 1. The first kappa shape index (κ1) is 19.7. The number of halogens is 1. The number of anilines is 1. The zero-order valence-corrected chi connectivity index (χ0v) is 17.0. The van der Waals surface area contributed by atoms with E-state index in [-0.39, 0.29) is 5.91 Å². The lowest BCUT2D eigenvalue weighted by atomic mass is 10.1. The fourth-order valence-electron chi connectivity index (χ4n) is 3.29. The molecule has 27 heavy (non-hydrogen) atoms. The Morgan fingerprint density at radius 1 is 1.26 bits per heavy atom. The number of benzene rings is 1. The summed E-state index contributed by atoms with van der Waals surface area (Å²) in [7, 11) is 0. The number of hydrogen-bond acceptors (Lipinski definition) is 4. The van der Waals surface area contributed by atoms with Gasteiger partial charge in [0.15, 0.2) is 6.10 Å². The fourth-order valence-corrected chi connectivity index (χ4v) is 4.82. The third-order valence-electron chi connectivity index (χ3n) is 4.71. The fraction of sp³-hybridized carbons (Fsp3) is 0.400. The van der Waals surface area contributed by atoms with E-state index in [1.165, 1.54) is 11.3 Å². The van der Waals surface area contributed by atoms with Crippen LogP contribution in [-0.2, 0) is 17.6 Å². The highest BCUT2D eigenvalue weighted by atomic mass is 35.5. The molecule has 1 aliphatic rings. The van der Waals surface area contributed by atoms with Gasteiger partial charge in [-0.2, -0.15) is 0 Å². The number of amides is 2. The predicted molar refractivity (Wildman–Crippen MR) is 109 cm³/mol. The van der Waals surface area contributed by atoms with Crippen LogP contribution < -0.4 is 15.8 Å². The Bertz CT molecular complexity index is 878. The molecule has 1 aromatic carbocycles. The summed E-state index contributed by atoms with van der Waals surface area (Å²) < 4.78 is 5.77. The Kier molecular flexibility index (Phi) is 6.07. The van der Waals surface area contributed by atoms with Gasteiger partial charge in [0.1, 0.15) is 10.8 Å². The molecule has 1 atom stereocenters. The van der Waals surface area contributed by atoms with Crippen LogP contribution in [0, 0.1) is 6.92 Å². The largest absolute Gasteiger partial charge is 0.481 e. The monoisotopic (exact) mass is 406 g/mol. The topological polar surface area (TPSA) is 81.4 Å². The highest BCUT2D eigenvalue weighted by Gasteiger charge is 2.26. The molecule has 3 N–H and O–H groups in total. The van der Waals surface area contributed by atoms with Gasteiger partial charge in [0, 0.05) is 9.90 Å². The van der Waals surface area contributed by atoms with Gasteiger partial charge < -0.3 is 15.8 Å². The van der Waals surface area contributed by atoms with E-state index in [4.69, 9.17) is 22.1 Å². The van der Waals surface area contributed by atoms with Gasteiger partial charge in [-0.05, 0) is 68.9 Å². The third kappa shape index (κ3) is 4.45. The second-order valence-corrected chi connectivity index (χ2v) is 8.33. The molecule has 0 spiro atoms. The van der Waals surface area contributed by atoms with Gasteiger partial charge in [0.25, 0.3) is 11.8 Å². The zero-order chi connectivity index (χ0) is 19.6. The normalized spacial score (nSPS) is 14.8. The first-order valence-electron chi connectivity index (χ1n) is 9.05. The van der Waals surface area contributed by atoms with Gasteiger partial charge in [0.05, 0.1) is 5.56 Å². The maximum Gasteiger partial charge on any atom is 0.265 e. The molecular weight excluding hydrogens is 384 g/mol. The quantitative estimate of drug-likeness (QED) is 0.718. The number of hydrogen-bond donors (Lipinski definition) is 2. The van der Waals surface area contributed by atoms with E-state index in [1.807, 2.05) is 6.92 Å². The molecule has 0 fully saturated rings. The molecule has 144 valence electrons. The molecule has 1 aromatic heterocycles. The third-order valence-corrected chi connectivity index (χ3v) is 6.16. The molecule has 0 aliphatic heterocycles. The van der Waals surface area contributed by atoms with E-state index in [1.54, 1.807) is 25.1 Å². The van der Waals surface area contributed by atoms with Crippen molar-refractivity contribution in [3.63, 3.8) is 0 Å². The average Bonchev–Trinajstić information content (AvgIpc) is 2.78. The minimum absolute atomic E-state index is 0.316. The molecule has 2 aromatic rings. The first-order valence-corrected chi connectivity index (χ1v) is 10.2. The average molecular weight is 407 g/mol. The summed E-state index contributed by atoms with van der Waals surface area (Å²) in [6.45, 7) is 3.54. The molecule has 0 bridgehead atoms. The summed E-state index contributed by atoms with van der Waals surface area (Å²) in [6.07, 6.45) is 4.29. The van der Waals surface area contributed by atoms with E-state index < -0.39 is 12.0 Å². The van der Waals surface area contributed by atoms with Crippen molar-refractivity contribution in [1.29, 1.82) is 0 Å². The summed E-state index contributed by atoms with van der Waals surface area (Å²) in [5.41, 5.74) is 7.93. The van der Waals surface area contributed by atoms with Crippen LogP contribution >= 0.6 is 22.9 Å². The van der Waals surface area contributed by atoms with Gasteiger partial charge in [-0.15, -0.1) is 11.3 Å². The van der Waals surface area contributed by atoms with Gasteiger partial charge in [-0.1, -0.05) is 18.0 Å². The maximum atomic E-state index is 12.6. The number of aryl methyl sites for hydroxylation is 2. The molecule has 0 saturated heterocycles. The number of carbonyl (C=O) groups is 2. The lowest BCUT2D eigenvalue weighted by Crippen LogP contribution is -2.31. The SMILES string of the molecule is Cc1cc(Cl)ccc1O[C@@H](C)C(=O)Nc1sc2c(c1C(N)=O)CCCCC2. The van der Waals surface area contributed by atoms with Crippen molar-refractivity contribution in [2.45, 2.75) is 52.1 Å². The lowest BCUT2D eigenvalue weighted by Gasteiger charge is -2.16. The minimum Gasteiger partial charge on any atom is -0.481 e. The number of rotatable bonds is 5. The first-order chi connectivity index (χ1) is 12.9. The number of carbonyl (C=O) groups excluding carboxylic acids is 2. The summed E-state index contributed by atoms with van der Waals surface area (Å²) in [4.78, 5) is 25.8. The van der Waals surface area contributed by atoms with Crippen LogP contribution in [0.5, 0.6) is 5.75 Å². The molecule has 2 amide bonds. The van der Waals surface area contributed by atoms with Gasteiger partial charge >= 0.3 is 0 Å². The van der Waals surface area contributed by atoms with Gasteiger partial charge in [-0.25, -0.2) is 0 Å². The number of primary amides is 1. The van der Waals surface area contributed by atoms with Gasteiger partial charge in [-0.3, -0.25) is 9.59 Å². The summed E-state index contributed by atoms with van der Waals surface area (Å²) >= 11 is 7.41. The summed E-state index contributed by atoms with van der Waals surface area (Å²) in [6, 6.07) is 5.24. The Morgan fingerprint density at radius 3 is 2.70 bits per heavy atom. The summed E-state index contributed by atoms with van der Waals surface area (Å²) in [5, 5.41) is 3.99. The molecular formula is C20H23ClN2O3S. The zero-order valence-electron chi connectivity index (χ0n) is 15.4. The molecule has 0 saturated carbocycles. The van der Waals surface area contributed by atoms with Crippen molar-refractivity contribution >= 4 is 39.8 Å². The van der Waals surface area contributed by atoms with Crippen molar-refractivity contribution in [3.8, 4) is 5.75 Å². The maximum absolute atomic E-state index is 12.6. The number of thiophene rings is 1. The Hall–Kier alpha value is -2.05.